The van der Waals surface area contributed by atoms with Gasteiger partial charge in [0.25, 0.3) is 0 Å². The number of nitrogens with one attached hydrogen (secondary N) is 3. The highest BCUT2D eigenvalue weighted by atomic mass is 35.5. The molecule has 7 heteroatoms. The molecule has 0 bridgehead atoms. The van der Waals surface area contributed by atoms with Crippen molar-refractivity contribution >= 4 is 35.0 Å². The third-order valence-corrected chi connectivity index (χ3v) is 3.26. The largest absolute Gasteiger partial charge is 0.344 e. The molecular formula is C17H16ClN3O3. The van der Waals surface area contributed by atoms with E-state index < -0.39 is 17.7 Å². The lowest BCUT2D eigenvalue weighted by molar-refractivity contribution is -0.139. The SMILES string of the molecule is O=C(CNC(=O)C(=O)NCc1ccccc1)Nc1cccc(Cl)c1. The molecule has 2 rings (SSSR count). The van der Waals surface area contributed by atoms with E-state index in [9.17, 15) is 14.4 Å². The minimum absolute atomic E-state index is 0.238. The Balaban J connectivity index is 1.73. The number of anilines is 1. The monoisotopic (exact) mass is 345 g/mol. The second-order valence-electron chi connectivity index (χ2n) is 4.91. The van der Waals surface area contributed by atoms with Crippen molar-refractivity contribution in [3.63, 3.8) is 0 Å². The molecule has 0 aliphatic rings. The molecule has 0 atom stereocenters. The first-order chi connectivity index (χ1) is 11.5. The van der Waals surface area contributed by atoms with Crippen LogP contribution in [0.1, 0.15) is 5.56 Å². The summed E-state index contributed by atoms with van der Waals surface area (Å²) in [6.45, 7) is -0.0775. The van der Waals surface area contributed by atoms with E-state index in [1.807, 2.05) is 30.3 Å². The van der Waals surface area contributed by atoms with Crippen LogP contribution >= 0.6 is 11.6 Å². The van der Waals surface area contributed by atoms with Gasteiger partial charge in [0.1, 0.15) is 0 Å². The summed E-state index contributed by atoms with van der Waals surface area (Å²) in [6, 6.07) is 15.8. The van der Waals surface area contributed by atoms with E-state index in [1.54, 1.807) is 24.3 Å². The van der Waals surface area contributed by atoms with Gasteiger partial charge >= 0.3 is 11.8 Å². The lowest BCUT2D eigenvalue weighted by Crippen LogP contribution is -2.42. The molecule has 2 aromatic carbocycles. The Kier molecular flexibility index (Phi) is 6.33. The van der Waals surface area contributed by atoms with Gasteiger partial charge in [-0.05, 0) is 23.8 Å². The van der Waals surface area contributed by atoms with Gasteiger partial charge in [-0.3, -0.25) is 14.4 Å². The van der Waals surface area contributed by atoms with Gasteiger partial charge in [-0.1, -0.05) is 48.0 Å². The Hall–Kier alpha value is -2.86. The molecule has 124 valence electrons. The fourth-order valence-electron chi connectivity index (χ4n) is 1.87. The minimum atomic E-state index is -0.868. The highest BCUT2D eigenvalue weighted by Gasteiger charge is 2.14. The average molecular weight is 346 g/mol. The van der Waals surface area contributed by atoms with Gasteiger partial charge in [-0.15, -0.1) is 0 Å². The van der Waals surface area contributed by atoms with Crippen LogP contribution in [0.15, 0.2) is 54.6 Å². The molecule has 0 spiro atoms. The minimum Gasteiger partial charge on any atom is -0.344 e. The predicted molar refractivity (Wildman–Crippen MR) is 91.4 cm³/mol. The molecule has 0 heterocycles. The van der Waals surface area contributed by atoms with Gasteiger partial charge in [0.15, 0.2) is 0 Å². The first kappa shape index (κ1) is 17.5. The van der Waals surface area contributed by atoms with Crippen LogP contribution in [-0.2, 0) is 20.9 Å². The van der Waals surface area contributed by atoms with E-state index >= 15 is 0 Å². The van der Waals surface area contributed by atoms with Gasteiger partial charge in [-0.2, -0.15) is 0 Å². The van der Waals surface area contributed by atoms with E-state index in [2.05, 4.69) is 16.0 Å². The third-order valence-electron chi connectivity index (χ3n) is 3.02. The number of hydrogen-bond acceptors (Lipinski definition) is 3. The summed E-state index contributed by atoms with van der Waals surface area (Å²) in [5, 5.41) is 7.79. The van der Waals surface area contributed by atoms with E-state index in [4.69, 9.17) is 11.6 Å². The van der Waals surface area contributed by atoms with Crippen molar-refractivity contribution in [2.45, 2.75) is 6.54 Å². The number of halogens is 1. The molecule has 0 fully saturated rings. The molecule has 0 saturated carbocycles. The summed E-state index contributed by atoms with van der Waals surface area (Å²) < 4.78 is 0. The van der Waals surface area contributed by atoms with Crippen LogP contribution in [0.4, 0.5) is 5.69 Å². The number of benzene rings is 2. The summed E-state index contributed by atoms with van der Waals surface area (Å²) in [7, 11) is 0. The smallest absolute Gasteiger partial charge is 0.309 e. The zero-order valence-electron chi connectivity index (χ0n) is 12.7. The number of rotatable bonds is 5. The highest BCUT2D eigenvalue weighted by molar-refractivity contribution is 6.35. The maximum atomic E-state index is 11.7. The lowest BCUT2D eigenvalue weighted by Gasteiger charge is -2.08. The molecule has 0 aliphatic heterocycles. The van der Waals surface area contributed by atoms with Crippen molar-refractivity contribution in [1.29, 1.82) is 0 Å². The molecular weight excluding hydrogens is 330 g/mol. The second kappa shape index (κ2) is 8.69. The fourth-order valence-corrected chi connectivity index (χ4v) is 2.06. The van der Waals surface area contributed by atoms with Gasteiger partial charge in [0, 0.05) is 17.3 Å². The van der Waals surface area contributed by atoms with E-state index in [1.165, 1.54) is 0 Å². The molecule has 6 nitrogen and oxygen atoms in total. The molecule has 3 N–H and O–H groups in total. The number of amides is 3. The quantitative estimate of drug-likeness (QED) is 0.721. The maximum Gasteiger partial charge on any atom is 0.309 e. The van der Waals surface area contributed by atoms with E-state index in [0.717, 1.165) is 5.56 Å². The van der Waals surface area contributed by atoms with Crippen LogP contribution in [0.25, 0.3) is 0 Å². The molecule has 24 heavy (non-hydrogen) atoms. The third kappa shape index (κ3) is 5.73. The normalized spacial score (nSPS) is 9.88. The first-order valence-corrected chi connectivity index (χ1v) is 7.58. The van der Waals surface area contributed by atoms with Gasteiger partial charge in [0.2, 0.25) is 5.91 Å². The van der Waals surface area contributed by atoms with Gasteiger partial charge < -0.3 is 16.0 Å². The Morgan fingerprint density at radius 3 is 2.29 bits per heavy atom. The van der Waals surface area contributed by atoms with Crippen molar-refractivity contribution < 1.29 is 14.4 Å². The fraction of sp³-hybridized carbons (Fsp3) is 0.118. The molecule has 0 aliphatic carbocycles. The Morgan fingerprint density at radius 2 is 1.58 bits per heavy atom. The Morgan fingerprint density at radius 1 is 0.875 bits per heavy atom. The average Bonchev–Trinajstić information content (AvgIpc) is 2.58. The van der Waals surface area contributed by atoms with Crippen LogP contribution in [0.2, 0.25) is 5.02 Å². The Labute approximate surface area is 144 Å². The van der Waals surface area contributed by atoms with E-state index in [-0.39, 0.29) is 13.1 Å². The predicted octanol–water partition coefficient (Wildman–Crippen LogP) is 1.71. The molecule has 3 amide bonds. The second-order valence-corrected chi connectivity index (χ2v) is 5.35. The van der Waals surface area contributed by atoms with Crippen molar-refractivity contribution in [1.82, 2.24) is 10.6 Å². The summed E-state index contributed by atoms with van der Waals surface area (Å²) in [4.78, 5) is 35.0. The summed E-state index contributed by atoms with van der Waals surface area (Å²) in [5.41, 5.74) is 1.38. The summed E-state index contributed by atoms with van der Waals surface area (Å²) in [5.74, 6) is -2.12. The Bertz CT molecular complexity index is 735. The van der Waals surface area contributed by atoms with Crippen molar-refractivity contribution in [3.8, 4) is 0 Å². The first-order valence-electron chi connectivity index (χ1n) is 7.20. The number of hydrogen-bond donors (Lipinski definition) is 3. The molecule has 2 aromatic rings. The molecule has 0 radical (unpaired) electrons. The topological polar surface area (TPSA) is 87.3 Å². The molecule has 0 unspecified atom stereocenters. The lowest BCUT2D eigenvalue weighted by atomic mass is 10.2. The van der Waals surface area contributed by atoms with Crippen LogP contribution < -0.4 is 16.0 Å². The standard InChI is InChI=1S/C17H16ClN3O3/c18-13-7-4-8-14(9-13)21-15(22)11-20-17(24)16(23)19-10-12-5-2-1-3-6-12/h1-9H,10-11H2,(H,19,23)(H,20,24)(H,21,22). The highest BCUT2D eigenvalue weighted by Crippen LogP contribution is 2.14. The molecule has 0 saturated heterocycles. The summed E-state index contributed by atoms with van der Waals surface area (Å²) >= 11 is 5.81. The number of carbonyl (C=O) groups is 3. The van der Waals surface area contributed by atoms with Crippen LogP contribution in [0, 0.1) is 0 Å². The number of carbonyl (C=O) groups excluding carboxylic acids is 3. The van der Waals surface area contributed by atoms with Crippen LogP contribution in [-0.4, -0.2) is 24.3 Å². The summed E-state index contributed by atoms with van der Waals surface area (Å²) in [6.07, 6.45) is 0. The van der Waals surface area contributed by atoms with E-state index in [0.29, 0.717) is 10.7 Å². The van der Waals surface area contributed by atoms with Gasteiger partial charge in [-0.25, -0.2) is 0 Å². The van der Waals surface area contributed by atoms with Crippen molar-refractivity contribution in [2.75, 3.05) is 11.9 Å². The van der Waals surface area contributed by atoms with Crippen molar-refractivity contribution in [3.05, 3.63) is 65.2 Å². The zero-order chi connectivity index (χ0) is 17.4. The zero-order valence-corrected chi connectivity index (χ0v) is 13.5. The van der Waals surface area contributed by atoms with Gasteiger partial charge in [0.05, 0.1) is 6.54 Å². The van der Waals surface area contributed by atoms with Crippen molar-refractivity contribution in [2.24, 2.45) is 0 Å². The van der Waals surface area contributed by atoms with Crippen LogP contribution in [0.3, 0.4) is 0 Å². The molecule has 0 aromatic heterocycles. The maximum absolute atomic E-state index is 11.7. The van der Waals surface area contributed by atoms with Crippen LogP contribution in [0.5, 0.6) is 0 Å².